The molecule has 0 aliphatic rings. The molecule has 0 aliphatic carbocycles. The normalized spacial score (nSPS) is 10.8. The first-order valence-electron chi connectivity index (χ1n) is 6.19. The highest BCUT2D eigenvalue weighted by atomic mass is 16.1. The van der Waals surface area contributed by atoms with Crippen LogP contribution >= 0.6 is 0 Å². The van der Waals surface area contributed by atoms with E-state index in [0.717, 1.165) is 17.7 Å². The second-order valence-corrected chi connectivity index (χ2v) is 4.62. The summed E-state index contributed by atoms with van der Waals surface area (Å²) in [5, 5.41) is 4.52. The molecule has 0 saturated heterocycles. The Kier molecular flexibility index (Phi) is 2.83. The van der Waals surface area contributed by atoms with Gasteiger partial charge in [0.25, 0.3) is 0 Å². The summed E-state index contributed by atoms with van der Waals surface area (Å²) in [7, 11) is 1.75. The third-order valence-corrected chi connectivity index (χ3v) is 3.20. The first-order valence-corrected chi connectivity index (χ1v) is 6.19. The number of rotatable bonds is 3. The highest BCUT2D eigenvalue weighted by Gasteiger charge is 1.99. The molecular formula is C15H15N3O. The highest BCUT2D eigenvalue weighted by Crippen LogP contribution is 2.15. The van der Waals surface area contributed by atoms with Gasteiger partial charge in [-0.2, -0.15) is 0 Å². The van der Waals surface area contributed by atoms with Crippen molar-refractivity contribution in [3.63, 3.8) is 0 Å². The van der Waals surface area contributed by atoms with Crippen molar-refractivity contribution in [3.05, 3.63) is 64.7 Å². The minimum absolute atomic E-state index is 0.000655. The zero-order chi connectivity index (χ0) is 13.2. The Bertz CT molecular complexity index is 770. The molecule has 0 radical (unpaired) electrons. The molecule has 2 aromatic heterocycles. The van der Waals surface area contributed by atoms with Crippen LogP contribution in [0.3, 0.4) is 0 Å². The molecule has 2 N–H and O–H groups in total. The summed E-state index contributed by atoms with van der Waals surface area (Å²) in [6, 6.07) is 11.8. The Morgan fingerprint density at radius 2 is 2.11 bits per heavy atom. The van der Waals surface area contributed by atoms with Crippen molar-refractivity contribution in [2.75, 3.05) is 5.32 Å². The molecule has 3 aromatic rings. The lowest BCUT2D eigenvalue weighted by Gasteiger charge is -2.08. The molecule has 0 unspecified atom stereocenters. The second-order valence-electron chi connectivity index (χ2n) is 4.62. The van der Waals surface area contributed by atoms with Crippen molar-refractivity contribution < 1.29 is 0 Å². The van der Waals surface area contributed by atoms with Gasteiger partial charge in [-0.3, -0.25) is 4.79 Å². The number of nitrogens with zero attached hydrogens (tertiary/aromatic N) is 1. The minimum Gasteiger partial charge on any atom is -0.380 e. The molecule has 1 aromatic carbocycles. The summed E-state index contributed by atoms with van der Waals surface area (Å²) in [4.78, 5) is 14.5. The number of hydrogen-bond acceptors (Lipinski definition) is 2. The summed E-state index contributed by atoms with van der Waals surface area (Å²) in [5.41, 5.74) is 3.29. The Morgan fingerprint density at radius 1 is 1.21 bits per heavy atom. The number of benzene rings is 1. The molecule has 4 heteroatoms. The van der Waals surface area contributed by atoms with Crippen LogP contribution in [0, 0.1) is 0 Å². The van der Waals surface area contributed by atoms with Gasteiger partial charge in [-0.15, -0.1) is 0 Å². The molecule has 0 fully saturated rings. The maximum Gasteiger partial charge on any atom is 0.250 e. The number of aryl methyl sites for hydroxylation is 1. The van der Waals surface area contributed by atoms with Crippen LogP contribution in [0.25, 0.3) is 10.9 Å². The third kappa shape index (κ3) is 2.38. The molecule has 19 heavy (non-hydrogen) atoms. The molecule has 4 nitrogen and oxygen atoms in total. The number of fused-ring (bicyclic) bond motifs is 1. The van der Waals surface area contributed by atoms with Gasteiger partial charge in [0, 0.05) is 37.6 Å². The van der Waals surface area contributed by atoms with Gasteiger partial charge in [0.15, 0.2) is 0 Å². The lowest BCUT2D eigenvalue weighted by atomic mass is 10.1. The first kappa shape index (κ1) is 11.6. The molecule has 3 rings (SSSR count). The standard InChI is InChI=1S/C15H15N3O/c1-18-10-13(3-5-15(18)19)17-9-11-2-4-14-12(8-11)6-7-16-14/h2-8,10,16-17H,9H2,1H3. The van der Waals surface area contributed by atoms with Crippen molar-refractivity contribution in [3.8, 4) is 0 Å². The SMILES string of the molecule is Cn1cc(NCc2ccc3[nH]ccc3c2)ccc1=O. The van der Waals surface area contributed by atoms with Crippen LogP contribution in [0.15, 0.2) is 53.6 Å². The van der Waals surface area contributed by atoms with Crippen LogP contribution in [0.5, 0.6) is 0 Å². The van der Waals surface area contributed by atoms with Gasteiger partial charge in [-0.1, -0.05) is 6.07 Å². The van der Waals surface area contributed by atoms with Gasteiger partial charge in [0.1, 0.15) is 0 Å². The summed E-state index contributed by atoms with van der Waals surface area (Å²) >= 11 is 0. The van der Waals surface area contributed by atoms with E-state index in [-0.39, 0.29) is 5.56 Å². The Hall–Kier alpha value is -2.49. The van der Waals surface area contributed by atoms with Gasteiger partial charge in [-0.25, -0.2) is 0 Å². The summed E-state index contributed by atoms with van der Waals surface area (Å²) in [5.74, 6) is 0. The van der Waals surface area contributed by atoms with E-state index in [2.05, 4.69) is 34.6 Å². The number of pyridine rings is 1. The number of aromatic nitrogens is 2. The fourth-order valence-electron chi connectivity index (χ4n) is 2.12. The summed E-state index contributed by atoms with van der Waals surface area (Å²) < 4.78 is 1.57. The summed E-state index contributed by atoms with van der Waals surface area (Å²) in [6.07, 6.45) is 3.74. The van der Waals surface area contributed by atoms with Gasteiger partial charge in [-0.05, 0) is 35.2 Å². The Labute approximate surface area is 110 Å². The number of hydrogen-bond donors (Lipinski definition) is 2. The van der Waals surface area contributed by atoms with Crippen molar-refractivity contribution in [1.82, 2.24) is 9.55 Å². The molecule has 0 bridgehead atoms. The average molecular weight is 253 g/mol. The number of aromatic amines is 1. The van der Waals surface area contributed by atoms with E-state index in [1.165, 1.54) is 10.9 Å². The zero-order valence-corrected chi connectivity index (χ0v) is 10.7. The van der Waals surface area contributed by atoms with Gasteiger partial charge >= 0.3 is 0 Å². The van der Waals surface area contributed by atoms with E-state index in [1.807, 2.05) is 6.20 Å². The predicted molar refractivity (Wildman–Crippen MR) is 77.3 cm³/mol. The first-order chi connectivity index (χ1) is 9.22. The smallest absolute Gasteiger partial charge is 0.250 e. The van der Waals surface area contributed by atoms with E-state index < -0.39 is 0 Å². The Balaban J connectivity index is 1.77. The van der Waals surface area contributed by atoms with Gasteiger partial charge < -0.3 is 14.9 Å². The topological polar surface area (TPSA) is 49.8 Å². The van der Waals surface area contributed by atoms with E-state index >= 15 is 0 Å². The second kappa shape index (κ2) is 4.65. The maximum absolute atomic E-state index is 11.3. The largest absolute Gasteiger partial charge is 0.380 e. The summed E-state index contributed by atoms with van der Waals surface area (Å²) in [6.45, 7) is 0.735. The van der Waals surface area contributed by atoms with E-state index in [4.69, 9.17) is 0 Å². The number of H-pyrrole nitrogens is 1. The van der Waals surface area contributed by atoms with Crippen molar-refractivity contribution in [2.45, 2.75) is 6.54 Å². The fraction of sp³-hybridized carbons (Fsp3) is 0.133. The van der Waals surface area contributed by atoms with Crippen molar-refractivity contribution in [1.29, 1.82) is 0 Å². The van der Waals surface area contributed by atoms with Crippen LogP contribution in [-0.4, -0.2) is 9.55 Å². The predicted octanol–water partition coefficient (Wildman–Crippen LogP) is 2.48. The number of anilines is 1. The van der Waals surface area contributed by atoms with Crippen LogP contribution in [0.2, 0.25) is 0 Å². The number of nitrogens with one attached hydrogen (secondary N) is 2. The van der Waals surface area contributed by atoms with Gasteiger partial charge in [0.2, 0.25) is 5.56 Å². The highest BCUT2D eigenvalue weighted by molar-refractivity contribution is 5.79. The quantitative estimate of drug-likeness (QED) is 0.753. The van der Waals surface area contributed by atoms with Crippen LogP contribution in [0.4, 0.5) is 5.69 Å². The van der Waals surface area contributed by atoms with Crippen molar-refractivity contribution >= 4 is 16.6 Å². The zero-order valence-electron chi connectivity index (χ0n) is 10.7. The fourth-order valence-corrected chi connectivity index (χ4v) is 2.12. The molecule has 0 spiro atoms. The third-order valence-electron chi connectivity index (χ3n) is 3.20. The van der Waals surface area contributed by atoms with Crippen LogP contribution < -0.4 is 10.9 Å². The lowest BCUT2D eigenvalue weighted by Crippen LogP contribution is -2.15. The molecular weight excluding hydrogens is 238 g/mol. The van der Waals surface area contributed by atoms with E-state index in [0.29, 0.717) is 0 Å². The lowest BCUT2D eigenvalue weighted by molar-refractivity contribution is 0.859. The molecule has 96 valence electrons. The van der Waals surface area contributed by atoms with E-state index in [1.54, 1.807) is 29.9 Å². The molecule has 0 saturated carbocycles. The molecule has 0 aliphatic heterocycles. The maximum atomic E-state index is 11.3. The minimum atomic E-state index is -0.000655. The van der Waals surface area contributed by atoms with Crippen molar-refractivity contribution in [2.24, 2.45) is 7.05 Å². The molecule has 0 amide bonds. The molecule has 2 heterocycles. The Morgan fingerprint density at radius 3 is 2.95 bits per heavy atom. The van der Waals surface area contributed by atoms with Crippen LogP contribution in [0.1, 0.15) is 5.56 Å². The molecule has 0 atom stereocenters. The average Bonchev–Trinajstić information content (AvgIpc) is 2.87. The van der Waals surface area contributed by atoms with Gasteiger partial charge in [0.05, 0.1) is 5.69 Å². The monoisotopic (exact) mass is 253 g/mol. The van der Waals surface area contributed by atoms with E-state index in [9.17, 15) is 4.79 Å². The van der Waals surface area contributed by atoms with Crippen LogP contribution in [-0.2, 0) is 13.6 Å².